The van der Waals surface area contributed by atoms with Crippen molar-refractivity contribution >= 4 is 17.5 Å². The zero-order valence-corrected chi connectivity index (χ0v) is 19.7. The Morgan fingerprint density at radius 3 is 2.53 bits per heavy atom. The molecule has 1 aliphatic rings. The Bertz CT molecular complexity index is 1060. The molecule has 1 atom stereocenters. The number of carbonyl (C=O) groups is 1. The fourth-order valence-electron chi connectivity index (χ4n) is 4.62. The van der Waals surface area contributed by atoms with Gasteiger partial charge in [-0.25, -0.2) is 0 Å². The number of benzene rings is 2. The van der Waals surface area contributed by atoms with Crippen LogP contribution in [-0.2, 0) is 17.6 Å². The Morgan fingerprint density at radius 1 is 1.06 bits per heavy atom. The molecule has 2 heterocycles. The maximum atomic E-state index is 13.0. The minimum Gasteiger partial charge on any atom is -0.342 e. The van der Waals surface area contributed by atoms with Gasteiger partial charge >= 0.3 is 0 Å². The summed E-state index contributed by atoms with van der Waals surface area (Å²) in [5, 5.41) is 0.723. The standard InChI is InChI=1S/C28H31ClN2O/c1-20-6-3-4-8-25(20)17-23-10-11-27(30-19-23)24-12-14-31(15-13-24)28(32)21(2)16-22-7-5-9-26(29)18-22/h3-11,18-19,21,24H,12-17H2,1-2H3. The average molecular weight is 447 g/mol. The normalized spacial score (nSPS) is 15.5. The molecule has 32 heavy (non-hydrogen) atoms. The van der Waals surface area contributed by atoms with E-state index in [9.17, 15) is 4.79 Å². The second kappa shape index (κ2) is 10.3. The first-order valence-electron chi connectivity index (χ1n) is 11.5. The molecule has 1 saturated heterocycles. The van der Waals surface area contributed by atoms with Crippen LogP contribution in [0.15, 0.2) is 66.9 Å². The lowest BCUT2D eigenvalue weighted by atomic mass is 9.91. The molecule has 1 amide bonds. The molecule has 3 nitrogen and oxygen atoms in total. The quantitative estimate of drug-likeness (QED) is 0.450. The van der Waals surface area contributed by atoms with Crippen LogP contribution in [0.4, 0.5) is 0 Å². The molecule has 0 N–H and O–H groups in total. The van der Waals surface area contributed by atoms with E-state index in [-0.39, 0.29) is 11.8 Å². The van der Waals surface area contributed by atoms with Gasteiger partial charge in [0.1, 0.15) is 0 Å². The smallest absolute Gasteiger partial charge is 0.225 e. The third kappa shape index (κ3) is 5.58. The van der Waals surface area contributed by atoms with Gasteiger partial charge in [0.15, 0.2) is 0 Å². The Morgan fingerprint density at radius 2 is 1.84 bits per heavy atom. The molecule has 4 heteroatoms. The molecule has 0 aliphatic carbocycles. The Hall–Kier alpha value is -2.65. The number of aromatic nitrogens is 1. The minimum absolute atomic E-state index is 0.0381. The molecule has 3 aromatic rings. The molecule has 1 aromatic heterocycles. The van der Waals surface area contributed by atoms with Gasteiger partial charge in [-0.05, 0) is 73.1 Å². The second-order valence-electron chi connectivity index (χ2n) is 9.03. The van der Waals surface area contributed by atoms with Gasteiger partial charge < -0.3 is 4.90 Å². The SMILES string of the molecule is Cc1ccccc1Cc1ccc(C2CCN(C(=O)C(C)Cc3cccc(Cl)c3)CC2)nc1. The highest BCUT2D eigenvalue weighted by Crippen LogP contribution is 2.28. The number of amides is 1. The van der Waals surface area contributed by atoms with Gasteiger partial charge in [0.25, 0.3) is 0 Å². The van der Waals surface area contributed by atoms with Crippen LogP contribution in [-0.4, -0.2) is 28.9 Å². The topological polar surface area (TPSA) is 33.2 Å². The Balaban J connectivity index is 1.30. The van der Waals surface area contributed by atoms with Gasteiger partial charge in [0, 0.05) is 41.8 Å². The van der Waals surface area contributed by atoms with E-state index < -0.39 is 0 Å². The summed E-state index contributed by atoms with van der Waals surface area (Å²) >= 11 is 6.09. The molecule has 1 unspecified atom stereocenters. The van der Waals surface area contributed by atoms with Gasteiger partial charge in [0.05, 0.1) is 0 Å². The molecule has 4 rings (SSSR count). The largest absolute Gasteiger partial charge is 0.342 e. The number of aryl methyl sites for hydroxylation is 1. The number of pyridine rings is 1. The zero-order chi connectivity index (χ0) is 22.5. The van der Waals surface area contributed by atoms with Crippen LogP contribution in [0.25, 0.3) is 0 Å². The van der Waals surface area contributed by atoms with Crippen molar-refractivity contribution < 1.29 is 4.79 Å². The summed E-state index contributed by atoms with van der Waals surface area (Å²) in [6, 6.07) is 20.7. The molecular weight excluding hydrogens is 416 g/mol. The molecule has 166 valence electrons. The second-order valence-corrected chi connectivity index (χ2v) is 9.47. The van der Waals surface area contributed by atoms with E-state index in [1.165, 1.54) is 16.7 Å². The van der Waals surface area contributed by atoms with Crippen LogP contribution in [0.2, 0.25) is 5.02 Å². The van der Waals surface area contributed by atoms with Crippen LogP contribution in [0, 0.1) is 12.8 Å². The number of likely N-dealkylation sites (tertiary alicyclic amines) is 1. The molecule has 0 bridgehead atoms. The minimum atomic E-state index is -0.0381. The van der Waals surface area contributed by atoms with E-state index in [0.717, 1.165) is 55.1 Å². The van der Waals surface area contributed by atoms with E-state index in [0.29, 0.717) is 5.92 Å². The summed E-state index contributed by atoms with van der Waals surface area (Å²) in [7, 11) is 0. The summed E-state index contributed by atoms with van der Waals surface area (Å²) < 4.78 is 0. The van der Waals surface area contributed by atoms with E-state index >= 15 is 0 Å². The summed E-state index contributed by atoms with van der Waals surface area (Å²) in [5.41, 5.74) is 6.17. The predicted octanol–water partition coefficient (Wildman–Crippen LogP) is 6.22. The monoisotopic (exact) mass is 446 g/mol. The number of nitrogens with zero attached hydrogens (tertiary/aromatic N) is 2. The number of carbonyl (C=O) groups excluding carboxylic acids is 1. The van der Waals surface area contributed by atoms with E-state index in [4.69, 9.17) is 16.6 Å². The Kier molecular flexibility index (Phi) is 7.26. The van der Waals surface area contributed by atoms with Crippen LogP contribution in [0.5, 0.6) is 0 Å². The van der Waals surface area contributed by atoms with Crippen molar-refractivity contribution in [2.75, 3.05) is 13.1 Å². The third-order valence-electron chi connectivity index (χ3n) is 6.58. The Labute approximate surface area is 196 Å². The molecule has 0 radical (unpaired) electrons. The van der Waals surface area contributed by atoms with Crippen molar-refractivity contribution in [3.8, 4) is 0 Å². The number of halogens is 1. The lowest BCUT2D eigenvalue weighted by Crippen LogP contribution is -2.41. The highest BCUT2D eigenvalue weighted by molar-refractivity contribution is 6.30. The molecule has 0 saturated carbocycles. The maximum absolute atomic E-state index is 13.0. The van der Waals surface area contributed by atoms with Crippen LogP contribution >= 0.6 is 11.6 Å². The van der Waals surface area contributed by atoms with Gasteiger partial charge in [-0.2, -0.15) is 0 Å². The van der Waals surface area contributed by atoms with E-state index in [1.807, 2.05) is 42.3 Å². The number of hydrogen-bond donors (Lipinski definition) is 0. The maximum Gasteiger partial charge on any atom is 0.225 e. The van der Waals surface area contributed by atoms with Crippen LogP contribution < -0.4 is 0 Å². The lowest BCUT2D eigenvalue weighted by molar-refractivity contribution is -0.136. The van der Waals surface area contributed by atoms with E-state index in [2.05, 4.69) is 43.3 Å². The lowest BCUT2D eigenvalue weighted by Gasteiger charge is -2.33. The fourth-order valence-corrected chi connectivity index (χ4v) is 4.84. The molecule has 0 spiro atoms. The summed E-state index contributed by atoms with van der Waals surface area (Å²) in [6.45, 7) is 5.78. The number of rotatable bonds is 6. The van der Waals surface area contributed by atoms with Gasteiger partial charge in [-0.15, -0.1) is 0 Å². The number of piperidine rings is 1. The van der Waals surface area contributed by atoms with Crippen molar-refractivity contribution in [1.82, 2.24) is 9.88 Å². The molecular formula is C28H31ClN2O. The van der Waals surface area contributed by atoms with Crippen molar-refractivity contribution in [1.29, 1.82) is 0 Å². The first kappa shape index (κ1) is 22.5. The summed E-state index contributed by atoms with van der Waals surface area (Å²) in [6.07, 6.45) is 5.60. The summed E-state index contributed by atoms with van der Waals surface area (Å²) in [4.78, 5) is 19.8. The molecule has 1 fully saturated rings. The zero-order valence-electron chi connectivity index (χ0n) is 18.9. The predicted molar refractivity (Wildman–Crippen MR) is 131 cm³/mol. The van der Waals surface area contributed by atoms with Crippen molar-refractivity contribution in [3.05, 3.63) is 99.8 Å². The molecule has 2 aromatic carbocycles. The van der Waals surface area contributed by atoms with Crippen LogP contribution in [0.1, 0.15) is 53.6 Å². The third-order valence-corrected chi connectivity index (χ3v) is 6.82. The van der Waals surface area contributed by atoms with Gasteiger partial charge in [0.2, 0.25) is 5.91 Å². The highest BCUT2D eigenvalue weighted by atomic mass is 35.5. The summed E-state index contributed by atoms with van der Waals surface area (Å²) in [5.74, 6) is 0.628. The highest BCUT2D eigenvalue weighted by Gasteiger charge is 2.27. The first-order valence-corrected chi connectivity index (χ1v) is 11.9. The first-order chi connectivity index (χ1) is 15.5. The van der Waals surface area contributed by atoms with Gasteiger partial charge in [-0.1, -0.05) is 61.0 Å². The number of hydrogen-bond acceptors (Lipinski definition) is 2. The fraction of sp³-hybridized carbons (Fsp3) is 0.357. The van der Waals surface area contributed by atoms with Crippen molar-refractivity contribution in [2.45, 2.75) is 45.4 Å². The van der Waals surface area contributed by atoms with Crippen molar-refractivity contribution in [2.24, 2.45) is 5.92 Å². The average Bonchev–Trinajstić information content (AvgIpc) is 2.81. The van der Waals surface area contributed by atoms with Gasteiger partial charge in [-0.3, -0.25) is 9.78 Å². The van der Waals surface area contributed by atoms with Crippen molar-refractivity contribution in [3.63, 3.8) is 0 Å². The van der Waals surface area contributed by atoms with E-state index in [1.54, 1.807) is 0 Å². The molecule has 1 aliphatic heterocycles. The van der Waals surface area contributed by atoms with Crippen LogP contribution in [0.3, 0.4) is 0 Å².